The number of rotatable bonds is 6. The predicted octanol–water partition coefficient (Wildman–Crippen LogP) is 2.38. The van der Waals surface area contributed by atoms with E-state index < -0.39 is 11.9 Å². The Balaban J connectivity index is 1.27. The van der Waals surface area contributed by atoms with Gasteiger partial charge >= 0.3 is 0 Å². The Kier molecular flexibility index (Phi) is 5.67. The normalized spacial score (nSPS) is 20.0. The number of likely N-dealkylation sites (tertiary alicyclic amines) is 1. The van der Waals surface area contributed by atoms with Crippen LogP contribution >= 0.6 is 15.9 Å². The Morgan fingerprint density at radius 1 is 1.08 bits per heavy atom. The first kappa shape index (κ1) is 23.2. The first-order valence-electron chi connectivity index (χ1n) is 11.7. The Labute approximate surface area is 219 Å². The van der Waals surface area contributed by atoms with Crippen LogP contribution in [0.1, 0.15) is 23.3 Å². The molecule has 1 saturated carbocycles. The number of nitrogens with one attached hydrogen (secondary N) is 1. The standard InChI is InChI=1S/C25H21BrN8O3/c26-20-2-1-3-21(30-20)31-25(37)19-8-14-7-18(14)34(19)22(35)11-33-17-5-4-13(15-9-28-12-29-10-15)6-16(17)23(32-33)24(27)36/h1-6,9-10,12,14,18-19H,7-8,11H2,(H2,27,36)(H,30,31,37)/t14-,18-,19+/m1/s1. The van der Waals surface area contributed by atoms with E-state index in [1.165, 1.54) is 11.0 Å². The molecule has 2 aliphatic rings. The van der Waals surface area contributed by atoms with Gasteiger partial charge in [0, 0.05) is 29.4 Å². The van der Waals surface area contributed by atoms with E-state index in [2.05, 4.69) is 41.3 Å². The molecule has 1 saturated heterocycles. The van der Waals surface area contributed by atoms with Crippen LogP contribution in [0.2, 0.25) is 0 Å². The average molecular weight is 561 g/mol. The van der Waals surface area contributed by atoms with E-state index in [9.17, 15) is 14.4 Å². The number of benzene rings is 1. The number of anilines is 1. The molecule has 3 N–H and O–H groups in total. The Morgan fingerprint density at radius 3 is 2.65 bits per heavy atom. The van der Waals surface area contributed by atoms with Crippen LogP contribution in [-0.2, 0) is 16.1 Å². The number of aromatic nitrogens is 5. The number of fused-ring (bicyclic) bond motifs is 2. The van der Waals surface area contributed by atoms with Gasteiger partial charge in [0.05, 0.1) is 5.52 Å². The number of piperidine rings is 1. The van der Waals surface area contributed by atoms with Crippen molar-refractivity contribution in [2.75, 3.05) is 5.32 Å². The fourth-order valence-electron chi connectivity index (χ4n) is 5.06. The maximum atomic E-state index is 13.5. The van der Waals surface area contributed by atoms with E-state index in [-0.39, 0.29) is 30.1 Å². The summed E-state index contributed by atoms with van der Waals surface area (Å²) in [5, 5.41) is 7.72. The fraction of sp³-hybridized carbons (Fsp3) is 0.240. The molecule has 3 atom stereocenters. The maximum absolute atomic E-state index is 13.5. The SMILES string of the molecule is NC(=O)c1nn(CC(=O)N2[C@@H]3C[C@@H]3C[C@H]2C(=O)Nc2cccc(Br)n2)c2ccc(-c3cncnc3)cc12. The van der Waals surface area contributed by atoms with E-state index in [1.54, 1.807) is 47.6 Å². The van der Waals surface area contributed by atoms with Crippen LogP contribution in [0, 0.1) is 5.92 Å². The number of hydrogen-bond donors (Lipinski definition) is 2. The van der Waals surface area contributed by atoms with Crippen molar-refractivity contribution in [3.8, 4) is 11.1 Å². The van der Waals surface area contributed by atoms with Gasteiger partial charge in [-0.25, -0.2) is 15.0 Å². The quantitative estimate of drug-likeness (QED) is 0.344. The summed E-state index contributed by atoms with van der Waals surface area (Å²) in [6.07, 6.45) is 6.25. The molecule has 0 radical (unpaired) electrons. The molecule has 11 nitrogen and oxygen atoms in total. The zero-order valence-electron chi connectivity index (χ0n) is 19.4. The van der Waals surface area contributed by atoms with Crippen molar-refractivity contribution in [2.24, 2.45) is 11.7 Å². The molecule has 6 rings (SSSR count). The van der Waals surface area contributed by atoms with Gasteiger partial charge in [0.15, 0.2) is 5.69 Å². The van der Waals surface area contributed by atoms with Crippen LogP contribution < -0.4 is 11.1 Å². The van der Waals surface area contributed by atoms with Crippen molar-refractivity contribution >= 4 is 50.4 Å². The first-order valence-corrected chi connectivity index (χ1v) is 12.5. The lowest BCUT2D eigenvalue weighted by Crippen LogP contribution is -2.46. The second-order valence-electron chi connectivity index (χ2n) is 9.18. The summed E-state index contributed by atoms with van der Waals surface area (Å²) >= 11 is 3.30. The van der Waals surface area contributed by atoms with Gasteiger partial charge in [-0.2, -0.15) is 5.10 Å². The van der Waals surface area contributed by atoms with Gasteiger partial charge < -0.3 is 16.0 Å². The van der Waals surface area contributed by atoms with Crippen LogP contribution in [-0.4, -0.2) is 59.4 Å². The molecule has 12 heteroatoms. The molecular weight excluding hydrogens is 540 g/mol. The van der Waals surface area contributed by atoms with Crippen molar-refractivity contribution in [2.45, 2.75) is 31.5 Å². The van der Waals surface area contributed by atoms with E-state index >= 15 is 0 Å². The van der Waals surface area contributed by atoms with Crippen molar-refractivity contribution in [3.63, 3.8) is 0 Å². The third-order valence-electron chi connectivity index (χ3n) is 6.82. The zero-order valence-corrected chi connectivity index (χ0v) is 21.0. The summed E-state index contributed by atoms with van der Waals surface area (Å²) in [7, 11) is 0. The molecule has 4 heterocycles. The number of carbonyl (C=O) groups excluding carboxylic acids is 3. The molecule has 1 aliphatic carbocycles. The highest BCUT2D eigenvalue weighted by Crippen LogP contribution is 2.48. The molecular formula is C25H21BrN8O3. The molecule has 0 spiro atoms. The molecule has 1 aliphatic heterocycles. The summed E-state index contributed by atoms with van der Waals surface area (Å²) in [4.78, 5) is 52.8. The van der Waals surface area contributed by atoms with Crippen LogP contribution in [0.4, 0.5) is 5.82 Å². The Morgan fingerprint density at radius 2 is 1.89 bits per heavy atom. The number of carbonyl (C=O) groups is 3. The van der Waals surface area contributed by atoms with E-state index in [0.29, 0.717) is 33.7 Å². The minimum atomic E-state index is -0.695. The third-order valence-corrected chi connectivity index (χ3v) is 7.27. The van der Waals surface area contributed by atoms with Gasteiger partial charge in [-0.15, -0.1) is 0 Å². The third kappa shape index (κ3) is 4.33. The minimum Gasteiger partial charge on any atom is -0.364 e. The number of primary amides is 1. The Bertz CT molecular complexity index is 1560. The fourth-order valence-corrected chi connectivity index (χ4v) is 5.40. The second kappa shape index (κ2) is 9.04. The van der Waals surface area contributed by atoms with E-state index in [4.69, 9.17) is 5.73 Å². The maximum Gasteiger partial charge on any atom is 0.269 e. The Hall–Kier alpha value is -4.19. The molecule has 3 aromatic heterocycles. The van der Waals surface area contributed by atoms with Crippen LogP contribution in [0.3, 0.4) is 0 Å². The number of amides is 3. The topological polar surface area (TPSA) is 149 Å². The highest BCUT2D eigenvalue weighted by atomic mass is 79.9. The van der Waals surface area contributed by atoms with Crippen LogP contribution in [0.5, 0.6) is 0 Å². The molecule has 37 heavy (non-hydrogen) atoms. The second-order valence-corrected chi connectivity index (χ2v) is 9.99. The highest BCUT2D eigenvalue weighted by Gasteiger charge is 2.56. The summed E-state index contributed by atoms with van der Waals surface area (Å²) in [6, 6.07) is 10.1. The smallest absolute Gasteiger partial charge is 0.269 e. The summed E-state index contributed by atoms with van der Waals surface area (Å²) in [5.41, 5.74) is 7.84. The molecule has 186 valence electrons. The van der Waals surface area contributed by atoms with E-state index in [0.717, 1.165) is 17.5 Å². The molecule has 3 amide bonds. The summed E-state index contributed by atoms with van der Waals surface area (Å²) in [6.45, 7) is -0.125. The van der Waals surface area contributed by atoms with Gasteiger partial charge in [0.1, 0.15) is 29.3 Å². The number of halogens is 1. The summed E-state index contributed by atoms with van der Waals surface area (Å²) < 4.78 is 2.08. The number of pyridine rings is 1. The van der Waals surface area contributed by atoms with E-state index in [1.807, 2.05) is 6.07 Å². The monoisotopic (exact) mass is 560 g/mol. The lowest BCUT2D eigenvalue weighted by atomic mass is 10.1. The largest absolute Gasteiger partial charge is 0.364 e. The van der Waals surface area contributed by atoms with Gasteiger partial charge in [-0.05, 0) is 64.5 Å². The number of hydrogen-bond acceptors (Lipinski definition) is 7. The van der Waals surface area contributed by atoms with Gasteiger partial charge in [0.25, 0.3) is 5.91 Å². The molecule has 0 unspecified atom stereocenters. The lowest BCUT2D eigenvalue weighted by Gasteiger charge is -2.26. The van der Waals surface area contributed by atoms with Crippen molar-refractivity contribution in [1.29, 1.82) is 0 Å². The van der Waals surface area contributed by atoms with Gasteiger partial charge in [-0.3, -0.25) is 19.1 Å². The van der Waals surface area contributed by atoms with Gasteiger partial charge in [0.2, 0.25) is 11.8 Å². The predicted molar refractivity (Wildman–Crippen MR) is 137 cm³/mol. The van der Waals surface area contributed by atoms with Crippen LogP contribution in [0.25, 0.3) is 22.0 Å². The summed E-state index contributed by atoms with van der Waals surface area (Å²) in [5.74, 6) is -0.491. The van der Waals surface area contributed by atoms with Crippen molar-refractivity contribution < 1.29 is 14.4 Å². The number of nitrogens with zero attached hydrogens (tertiary/aromatic N) is 6. The molecule has 2 fully saturated rings. The minimum absolute atomic E-state index is 0.0286. The van der Waals surface area contributed by atoms with Gasteiger partial charge in [-0.1, -0.05) is 12.1 Å². The molecule has 1 aromatic carbocycles. The first-order chi connectivity index (χ1) is 17.9. The zero-order chi connectivity index (χ0) is 25.7. The van der Waals surface area contributed by atoms with Crippen LogP contribution in [0.15, 0.2) is 59.7 Å². The molecule has 0 bridgehead atoms. The average Bonchev–Trinajstić information content (AvgIpc) is 3.39. The number of nitrogens with two attached hydrogens (primary N) is 1. The molecule has 4 aromatic rings. The highest BCUT2D eigenvalue weighted by molar-refractivity contribution is 9.10. The van der Waals surface area contributed by atoms with Crippen molar-refractivity contribution in [1.82, 2.24) is 29.6 Å². The lowest BCUT2D eigenvalue weighted by molar-refractivity contribution is -0.138. The van der Waals surface area contributed by atoms with Crippen molar-refractivity contribution in [3.05, 3.63) is 65.4 Å².